The maximum absolute atomic E-state index is 6.31. The van der Waals surface area contributed by atoms with Crippen molar-refractivity contribution in [3.8, 4) is 5.75 Å². The third kappa shape index (κ3) is 4.63. The van der Waals surface area contributed by atoms with E-state index in [4.69, 9.17) is 16.3 Å². The van der Waals surface area contributed by atoms with Gasteiger partial charge in [0.05, 0.1) is 12.1 Å². The van der Waals surface area contributed by atoms with E-state index >= 15 is 0 Å². The fourth-order valence-corrected chi connectivity index (χ4v) is 5.41. The molecule has 3 nitrogen and oxygen atoms in total. The lowest BCUT2D eigenvalue weighted by Gasteiger charge is -2.48. The normalized spacial score (nSPS) is 21.7. The van der Waals surface area contributed by atoms with Gasteiger partial charge in [0.15, 0.2) is 0 Å². The second-order valence-electron chi connectivity index (χ2n) is 9.05. The van der Waals surface area contributed by atoms with Crippen LogP contribution in [0.5, 0.6) is 5.75 Å². The van der Waals surface area contributed by atoms with Crippen LogP contribution in [0.3, 0.4) is 0 Å². The van der Waals surface area contributed by atoms with E-state index in [1.54, 1.807) is 7.11 Å². The Labute approximate surface area is 188 Å². The molecule has 1 aliphatic rings. The topological polar surface area (TPSA) is 15.7 Å². The minimum absolute atomic E-state index is 0.0226. The molecule has 0 atom stereocenters. The molecule has 0 aromatic heterocycles. The van der Waals surface area contributed by atoms with Gasteiger partial charge in [-0.15, -0.1) is 0 Å². The SMILES string of the molecule is CCCN(c1cc(C)cc(C)c1)C1CCC(c2ccc(Cl)c(OC)c2)(N(C)C)CC1. The van der Waals surface area contributed by atoms with Crippen molar-refractivity contribution in [2.75, 3.05) is 32.6 Å². The number of benzene rings is 2. The molecule has 30 heavy (non-hydrogen) atoms. The van der Waals surface area contributed by atoms with E-state index in [9.17, 15) is 0 Å². The first kappa shape index (κ1) is 23.0. The molecule has 1 saturated carbocycles. The highest BCUT2D eigenvalue weighted by atomic mass is 35.5. The number of halogens is 1. The molecule has 0 aliphatic heterocycles. The van der Waals surface area contributed by atoms with Crippen molar-refractivity contribution < 1.29 is 4.74 Å². The van der Waals surface area contributed by atoms with Crippen molar-refractivity contribution in [1.82, 2.24) is 4.90 Å². The Balaban J connectivity index is 1.87. The van der Waals surface area contributed by atoms with Crippen molar-refractivity contribution >= 4 is 17.3 Å². The van der Waals surface area contributed by atoms with E-state index in [1.807, 2.05) is 6.07 Å². The van der Waals surface area contributed by atoms with Crippen LogP contribution in [0.4, 0.5) is 5.69 Å². The molecule has 0 heterocycles. The van der Waals surface area contributed by atoms with E-state index in [-0.39, 0.29) is 5.54 Å². The van der Waals surface area contributed by atoms with Gasteiger partial charge in [-0.1, -0.05) is 30.7 Å². The summed E-state index contributed by atoms with van der Waals surface area (Å²) in [6, 6.07) is 13.8. The lowest BCUT2D eigenvalue weighted by atomic mass is 9.73. The Kier molecular flexibility index (Phi) is 7.36. The fraction of sp³-hybridized carbons (Fsp3) is 0.538. The Morgan fingerprint density at radius 3 is 2.20 bits per heavy atom. The van der Waals surface area contributed by atoms with Crippen LogP contribution in [0, 0.1) is 13.8 Å². The van der Waals surface area contributed by atoms with Gasteiger partial charge in [-0.2, -0.15) is 0 Å². The minimum atomic E-state index is 0.0226. The van der Waals surface area contributed by atoms with Gasteiger partial charge in [0.25, 0.3) is 0 Å². The molecule has 2 aromatic rings. The molecule has 0 radical (unpaired) electrons. The van der Waals surface area contributed by atoms with E-state index in [1.165, 1.54) is 35.2 Å². The summed E-state index contributed by atoms with van der Waals surface area (Å²) in [4.78, 5) is 5.05. The van der Waals surface area contributed by atoms with Crippen LogP contribution in [0.25, 0.3) is 0 Å². The summed E-state index contributed by atoms with van der Waals surface area (Å²) >= 11 is 6.31. The third-order valence-electron chi connectivity index (χ3n) is 6.77. The number of anilines is 1. The number of hydrogen-bond acceptors (Lipinski definition) is 3. The molecule has 1 fully saturated rings. The van der Waals surface area contributed by atoms with Crippen LogP contribution in [0.15, 0.2) is 36.4 Å². The summed E-state index contributed by atoms with van der Waals surface area (Å²) in [5.74, 6) is 0.764. The zero-order valence-corrected chi connectivity index (χ0v) is 20.2. The minimum Gasteiger partial charge on any atom is -0.495 e. The quantitative estimate of drug-likeness (QED) is 0.495. The molecule has 0 bridgehead atoms. The largest absolute Gasteiger partial charge is 0.495 e. The number of methoxy groups -OCH3 is 1. The van der Waals surface area contributed by atoms with Crippen LogP contribution in [0.1, 0.15) is 55.7 Å². The van der Waals surface area contributed by atoms with E-state index in [2.05, 4.69) is 75.0 Å². The van der Waals surface area contributed by atoms with Gasteiger partial charge in [0.1, 0.15) is 5.75 Å². The third-order valence-corrected chi connectivity index (χ3v) is 7.08. The van der Waals surface area contributed by atoms with Crippen molar-refractivity contribution in [3.05, 3.63) is 58.1 Å². The van der Waals surface area contributed by atoms with Crippen molar-refractivity contribution in [2.45, 2.75) is 64.5 Å². The van der Waals surface area contributed by atoms with Crippen LogP contribution in [-0.2, 0) is 5.54 Å². The van der Waals surface area contributed by atoms with Gasteiger partial charge in [0.2, 0.25) is 0 Å². The van der Waals surface area contributed by atoms with Gasteiger partial charge in [-0.25, -0.2) is 0 Å². The molecule has 3 rings (SSSR count). The van der Waals surface area contributed by atoms with Crippen molar-refractivity contribution in [1.29, 1.82) is 0 Å². The number of aryl methyl sites for hydroxylation is 2. The van der Waals surface area contributed by atoms with Crippen LogP contribution in [-0.4, -0.2) is 38.7 Å². The van der Waals surface area contributed by atoms with Crippen molar-refractivity contribution in [3.63, 3.8) is 0 Å². The Hall–Kier alpha value is -1.71. The summed E-state index contributed by atoms with van der Waals surface area (Å²) in [5.41, 5.74) is 5.40. The van der Waals surface area contributed by atoms with E-state index in [0.29, 0.717) is 11.1 Å². The molecule has 0 N–H and O–H groups in total. The zero-order chi connectivity index (χ0) is 21.9. The lowest BCUT2D eigenvalue weighted by molar-refractivity contribution is 0.0900. The Bertz CT molecular complexity index is 836. The first-order valence-electron chi connectivity index (χ1n) is 11.2. The van der Waals surface area contributed by atoms with Gasteiger partial charge in [-0.3, -0.25) is 4.90 Å². The van der Waals surface area contributed by atoms with Crippen LogP contribution >= 0.6 is 11.6 Å². The van der Waals surface area contributed by atoms with Crippen molar-refractivity contribution in [2.24, 2.45) is 0 Å². The highest BCUT2D eigenvalue weighted by molar-refractivity contribution is 6.32. The molecular weight excluding hydrogens is 392 g/mol. The highest BCUT2D eigenvalue weighted by Gasteiger charge is 2.40. The summed E-state index contributed by atoms with van der Waals surface area (Å²) < 4.78 is 5.51. The highest BCUT2D eigenvalue weighted by Crippen LogP contribution is 2.44. The van der Waals surface area contributed by atoms with Crippen LogP contribution < -0.4 is 9.64 Å². The average Bonchev–Trinajstić information content (AvgIpc) is 2.71. The molecule has 0 saturated heterocycles. The van der Waals surface area contributed by atoms with Gasteiger partial charge in [-0.05, 0) is 101 Å². The zero-order valence-electron chi connectivity index (χ0n) is 19.5. The smallest absolute Gasteiger partial charge is 0.137 e. The second kappa shape index (κ2) is 9.62. The average molecular weight is 429 g/mol. The molecule has 0 unspecified atom stereocenters. The number of hydrogen-bond donors (Lipinski definition) is 0. The number of rotatable bonds is 7. The lowest BCUT2D eigenvalue weighted by Crippen LogP contribution is -2.49. The molecule has 1 aliphatic carbocycles. The molecule has 0 spiro atoms. The predicted octanol–water partition coefficient (Wildman–Crippen LogP) is 6.58. The maximum atomic E-state index is 6.31. The fourth-order valence-electron chi connectivity index (χ4n) is 5.21. The van der Waals surface area contributed by atoms with E-state index < -0.39 is 0 Å². The number of nitrogens with zero attached hydrogens (tertiary/aromatic N) is 2. The summed E-state index contributed by atoms with van der Waals surface area (Å²) in [7, 11) is 6.10. The maximum Gasteiger partial charge on any atom is 0.137 e. The molecule has 164 valence electrons. The first-order chi connectivity index (χ1) is 14.3. The molecular formula is C26H37ClN2O. The Morgan fingerprint density at radius 2 is 1.67 bits per heavy atom. The summed E-state index contributed by atoms with van der Waals surface area (Å²) in [6.45, 7) is 7.79. The molecule has 2 aromatic carbocycles. The van der Waals surface area contributed by atoms with Gasteiger partial charge >= 0.3 is 0 Å². The molecule has 0 amide bonds. The van der Waals surface area contributed by atoms with Gasteiger partial charge in [0, 0.05) is 23.8 Å². The second-order valence-corrected chi connectivity index (χ2v) is 9.45. The first-order valence-corrected chi connectivity index (χ1v) is 11.5. The molecule has 4 heteroatoms. The summed E-state index contributed by atoms with van der Waals surface area (Å²) in [6.07, 6.45) is 5.77. The van der Waals surface area contributed by atoms with E-state index in [0.717, 1.165) is 31.6 Å². The summed E-state index contributed by atoms with van der Waals surface area (Å²) in [5, 5.41) is 0.674. The van der Waals surface area contributed by atoms with Crippen LogP contribution in [0.2, 0.25) is 5.02 Å². The standard InChI is InChI=1S/C26H37ClN2O/c1-7-14-29(23-16-19(2)15-20(3)17-23)22-10-12-26(13-11-22,28(4)5)21-8-9-24(27)25(18-21)30-6/h8-9,15-18,22H,7,10-14H2,1-6H3. The predicted molar refractivity (Wildman–Crippen MR) is 129 cm³/mol. The number of ether oxygens (including phenoxy) is 1. The monoisotopic (exact) mass is 428 g/mol. The van der Waals surface area contributed by atoms with Gasteiger partial charge < -0.3 is 9.64 Å². The Morgan fingerprint density at radius 1 is 1.03 bits per heavy atom.